The average Bonchev–Trinajstić information content (AvgIpc) is 2.64. The van der Waals surface area contributed by atoms with E-state index in [1.807, 2.05) is 27.7 Å². The van der Waals surface area contributed by atoms with E-state index in [0.29, 0.717) is 11.3 Å². The predicted octanol–water partition coefficient (Wildman–Crippen LogP) is 2.75. The molecule has 0 fully saturated rings. The number of hydrogen-bond acceptors (Lipinski definition) is 4. The van der Waals surface area contributed by atoms with E-state index in [-0.39, 0.29) is 11.7 Å². The highest BCUT2D eigenvalue weighted by Gasteiger charge is 2.48. The molecular formula is C15H20O4. The van der Waals surface area contributed by atoms with Crippen molar-refractivity contribution in [3.8, 4) is 11.5 Å². The highest BCUT2D eigenvalue weighted by atomic mass is 16.5. The first-order valence-electron chi connectivity index (χ1n) is 6.31. The largest absolute Gasteiger partial charge is 0.507 e. The van der Waals surface area contributed by atoms with Crippen LogP contribution in [0.25, 0.3) is 0 Å². The number of methoxy groups -OCH3 is 1. The van der Waals surface area contributed by atoms with Crippen LogP contribution in [0.1, 0.15) is 42.0 Å². The zero-order valence-electron chi connectivity index (χ0n) is 12.2. The number of hydrogen-bond donors (Lipinski definition) is 1. The van der Waals surface area contributed by atoms with E-state index in [9.17, 15) is 9.90 Å². The zero-order valence-corrected chi connectivity index (χ0v) is 12.2. The van der Waals surface area contributed by atoms with Gasteiger partial charge in [-0.2, -0.15) is 0 Å². The molecule has 0 radical (unpaired) electrons. The van der Waals surface area contributed by atoms with Gasteiger partial charge in [0.1, 0.15) is 23.0 Å². The molecule has 0 saturated carbocycles. The molecule has 1 aromatic carbocycles. The van der Waals surface area contributed by atoms with Crippen LogP contribution >= 0.6 is 0 Å². The molecule has 1 aromatic rings. The van der Waals surface area contributed by atoms with Gasteiger partial charge in [-0.1, -0.05) is 0 Å². The molecule has 0 aromatic heterocycles. The zero-order chi connectivity index (χ0) is 14.5. The van der Waals surface area contributed by atoms with Gasteiger partial charge in [-0.05, 0) is 51.3 Å². The Hall–Kier alpha value is -1.71. The van der Waals surface area contributed by atoms with Crippen molar-refractivity contribution in [1.82, 2.24) is 0 Å². The van der Waals surface area contributed by atoms with Crippen molar-refractivity contribution in [1.29, 1.82) is 0 Å². The van der Waals surface area contributed by atoms with Gasteiger partial charge in [0, 0.05) is 5.56 Å². The number of benzene rings is 1. The first-order chi connectivity index (χ1) is 8.72. The van der Waals surface area contributed by atoms with Crippen molar-refractivity contribution in [2.24, 2.45) is 0 Å². The Balaban J connectivity index is 2.76. The molecule has 0 bridgehead atoms. The van der Waals surface area contributed by atoms with Crippen LogP contribution in [0.3, 0.4) is 0 Å². The van der Waals surface area contributed by atoms with E-state index in [1.54, 1.807) is 6.92 Å². The Labute approximate surface area is 113 Å². The lowest BCUT2D eigenvalue weighted by Crippen LogP contribution is -2.35. The highest BCUT2D eigenvalue weighted by molar-refractivity contribution is 5.84. The number of esters is 1. The third-order valence-electron chi connectivity index (χ3n) is 4.05. The fraction of sp³-hybridized carbons (Fsp3) is 0.533. The number of phenolic OH excluding ortho intramolecular Hbond substituents is 1. The molecule has 0 amide bonds. The van der Waals surface area contributed by atoms with Crippen LogP contribution in [0.2, 0.25) is 0 Å². The van der Waals surface area contributed by atoms with Gasteiger partial charge in [-0.25, -0.2) is 0 Å². The lowest BCUT2D eigenvalue weighted by atomic mass is 9.83. The Morgan fingerprint density at radius 3 is 2.32 bits per heavy atom. The summed E-state index contributed by atoms with van der Waals surface area (Å²) in [7, 11) is 1.37. The average molecular weight is 264 g/mol. The normalized spacial score (nSPS) is 19.8. The van der Waals surface area contributed by atoms with Crippen LogP contribution in [-0.4, -0.2) is 23.8 Å². The van der Waals surface area contributed by atoms with Gasteiger partial charge in [0.05, 0.1) is 7.11 Å². The summed E-state index contributed by atoms with van der Waals surface area (Å²) in [4.78, 5) is 12.1. The summed E-state index contributed by atoms with van der Waals surface area (Å²) in [6.07, 6.45) is 0. The second kappa shape index (κ2) is 4.15. The van der Waals surface area contributed by atoms with Crippen LogP contribution in [-0.2, 0) is 9.53 Å². The van der Waals surface area contributed by atoms with Crippen LogP contribution in [0.15, 0.2) is 0 Å². The molecule has 4 nitrogen and oxygen atoms in total. The van der Waals surface area contributed by atoms with Crippen LogP contribution in [0.4, 0.5) is 0 Å². The summed E-state index contributed by atoms with van der Waals surface area (Å²) in [6.45, 7) is 9.27. The third-order valence-corrected chi connectivity index (χ3v) is 4.05. The second-order valence-electron chi connectivity index (χ2n) is 5.63. The molecule has 0 aliphatic carbocycles. The Morgan fingerprint density at radius 1 is 1.21 bits per heavy atom. The van der Waals surface area contributed by atoms with Crippen molar-refractivity contribution >= 4 is 5.97 Å². The molecule has 2 rings (SSSR count). The van der Waals surface area contributed by atoms with Gasteiger partial charge >= 0.3 is 5.97 Å². The van der Waals surface area contributed by atoms with E-state index in [0.717, 1.165) is 16.7 Å². The highest BCUT2D eigenvalue weighted by Crippen LogP contribution is 2.51. The van der Waals surface area contributed by atoms with Crippen LogP contribution in [0.5, 0.6) is 11.5 Å². The monoisotopic (exact) mass is 264 g/mol. The predicted molar refractivity (Wildman–Crippen MR) is 71.8 cm³/mol. The summed E-state index contributed by atoms with van der Waals surface area (Å²) in [5.74, 6) is 0.0758. The van der Waals surface area contributed by atoms with Gasteiger partial charge in [0.25, 0.3) is 0 Å². The fourth-order valence-corrected chi connectivity index (χ4v) is 2.80. The number of aromatic hydroxyl groups is 1. The molecule has 1 atom stereocenters. The lowest BCUT2D eigenvalue weighted by Gasteiger charge is -2.24. The van der Waals surface area contributed by atoms with Crippen molar-refractivity contribution < 1.29 is 19.4 Å². The van der Waals surface area contributed by atoms with Gasteiger partial charge in [-0.3, -0.25) is 4.79 Å². The minimum Gasteiger partial charge on any atom is -0.507 e. The van der Waals surface area contributed by atoms with Gasteiger partial charge in [0.15, 0.2) is 0 Å². The standard InChI is InChI=1S/C15H20O4/c1-7-8(2)13-10(9(3)12(7)16)11(14(17)18-6)15(4,5)19-13/h11,16H,1-6H3/t11-/m0/s1. The maximum atomic E-state index is 12.1. The third kappa shape index (κ3) is 1.78. The van der Waals surface area contributed by atoms with E-state index in [1.165, 1.54) is 7.11 Å². The van der Waals surface area contributed by atoms with Crippen molar-refractivity contribution in [2.45, 2.75) is 46.1 Å². The van der Waals surface area contributed by atoms with Crippen molar-refractivity contribution in [3.05, 3.63) is 22.3 Å². The number of carbonyl (C=O) groups excluding carboxylic acids is 1. The maximum absolute atomic E-state index is 12.1. The molecule has 0 spiro atoms. The molecule has 1 N–H and O–H groups in total. The smallest absolute Gasteiger partial charge is 0.317 e. The number of phenols is 1. The first-order valence-corrected chi connectivity index (χ1v) is 6.31. The number of ether oxygens (including phenoxy) is 2. The summed E-state index contributed by atoms with van der Waals surface area (Å²) < 4.78 is 10.9. The molecule has 1 aliphatic heterocycles. The summed E-state index contributed by atoms with van der Waals surface area (Å²) >= 11 is 0. The van der Waals surface area contributed by atoms with E-state index >= 15 is 0 Å². The van der Waals surface area contributed by atoms with Crippen LogP contribution in [0, 0.1) is 20.8 Å². The molecule has 0 saturated heterocycles. The molecule has 0 unspecified atom stereocenters. The Kier molecular flexibility index (Phi) is 3.00. The Morgan fingerprint density at radius 2 is 1.79 bits per heavy atom. The number of rotatable bonds is 1. The lowest BCUT2D eigenvalue weighted by molar-refractivity contribution is -0.145. The van der Waals surface area contributed by atoms with E-state index in [4.69, 9.17) is 9.47 Å². The van der Waals surface area contributed by atoms with Gasteiger partial charge in [0.2, 0.25) is 0 Å². The van der Waals surface area contributed by atoms with Crippen LogP contribution < -0.4 is 4.74 Å². The molecule has 1 aliphatic rings. The van der Waals surface area contributed by atoms with E-state index < -0.39 is 11.5 Å². The SMILES string of the molecule is COC(=O)[C@@H]1c2c(C)c(O)c(C)c(C)c2OC1(C)C. The molecule has 4 heteroatoms. The van der Waals surface area contributed by atoms with E-state index in [2.05, 4.69) is 0 Å². The topological polar surface area (TPSA) is 55.8 Å². The summed E-state index contributed by atoms with van der Waals surface area (Å²) in [5.41, 5.74) is 2.43. The quantitative estimate of drug-likeness (QED) is 0.792. The summed E-state index contributed by atoms with van der Waals surface area (Å²) in [6, 6.07) is 0. The molecular weight excluding hydrogens is 244 g/mol. The van der Waals surface area contributed by atoms with Crippen molar-refractivity contribution in [3.63, 3.8) is 0 Å². The minimum atomic E-state index is -0.675. The molecule has 19 heavy (non-hydrogen) atoms. The number of fused-ring (bicyclic) bond motifs is 1. The minimum absolute atomic E-state index is 0.228. The van der Waals surface area contributed by atoms with Gasteiger partial charge < -0.3 is 14.6 Å². The second-order valence-corrected chi connectivity index (χ2v) is 5.63. The number of carbonyl (C=O) groups is 1. The Bertz CT molecular complexity index is 558. The maximum Gasteiger partial charge on any atom is 0.317 e. The molecule has 1 heterocycles. The fourth-order valence-electron chi connectivity index (χ4n) is 2.80. The first kappa shape index (κ1) is 13.7. The van der Waals surface area contributed by atoms with Gasteiger partial charge in [-0.15, -0.1) is 0 Å². The summed E-state index contributed by atoms with van der Waals surface area (Å²) in [5, 5.41) is 10.2. The molecule has 104 valence electrons. The van der Waals surface area contributed by atoms with Crippen molar-refractivity contribution in [2.75, 3.05) is 7.11 Å².